The maximum absolute atomic E-state index is 16.4. The van der Waals surface area contributed by atoms with Gasteiger partial charge in [-0.1, -0.05) is 48.5 Å². The molecule has 2 amide bonds. The van der Waals surface area contributed by atoms with Crippen LogP contribution in [-0.4, -0.2) is 58.0 Å². The fraction of sp³-hybridized carbons (Fsp3) is 0.300. The topological polar surface area (TPSA) is 153 Å². The minimum absolute atomic E-state index is 0.0699. The average molecular weight is 763 g/mol. The molecule has 0 bridgehead atoms. The summed E-state index contributed by atoms with van der Waals surface area (Å²) in [5.41, 5.74) is 1.26. The number of carbonyl (C=O) groups excluding carboxylic acids is 2. The van der Waals surface area contributed by atoms with Crippen LogP contribution in [0.3, 0.4) is 0 Å². The third-order valence-electron chi connectivity index (χ3n) is 10.9. The van der Waals surface area contributed by atoms with E-state index in [1.165, 1.54) is 12.1 Å². The van der Waals surface area contributed by atoms with Crippen molar-refractivity contribution in [2.24, 2.45) is 5.92 Å². The van der Waals surface area contributed by atoms with Crippen molar-refractivity contribution in [3.05, 3.63) is 130 Å². The van der Waals surface area contributed by atoms with E-state index in [0.717, 1.165) is 5.56 Å². The van der Waals surface area contributed by atoms with Crippen LogP contribution in [0, 0.1) is 16.0 Å². The molecule has 3 aliphatic heterocycles. The van der Waals surface area contributed by atoms with Gasteiger partial charge in [0.15, 0.2) is 11.4 Å². The van der Waals surface area contributed by atoms with Gasteiger partial charge in [-0.2, -0.15) is 0 Å². The Bertz CT molecular complexity index is 2310. The Kier molecular flexibility index (Phi) is 9.10. The molecule has 3 aliphatic rings. The van der Waals surface area contributed by atoms with Gasteiger partial charge in [-0.3, -0.25) is 29.3 Å². The van der Waals surface area contributed by atoms with E-state index in [4.69, 9.17) is 9.47 Å². The standard InChI is InChI=1S/C40H39FN6O7Si/c1-25-37(55(2,3)41)36(18-20-44-24-27(19-21-48)42-43-44)54-40(25)31-22-29(47(51)52)16-17-32(31)45(39(40)50)23-26-12-14-28(15-13-26)46-33-9-5-7-11-35(33)53-34-10-6-4-8-30(34)38(46)49/h4-17,22,24-25,36-37,48H,18-21,23H2,1-3H3/t25-,36+,37-,40+/m0/s1. The molecule has 0 radical (unpaired) electrons. The van der Waals surface area contributed by atoms with Crippen molar-refractivity contribution >= 4 is 43.0 Å². The van der Waals surface area contributed by atoms with Gasteiger partial charge in [0.2, 0.25) is 8.41 Å². The lowest BCUT2D eigenvalue weighted by Gasteiger charge is -2.31. The summed E-state index contributed by atoms with van der Waals surface area (Å²) in [6.45, 7) is 5.37. The van der Waals surface area contributed by atoms with Crippen molar-refractivity contribution in [1.82, 2.24) is 15.0 Å². The zero-order valence-corrected chi connectivity index (χ0v) is 31.5. The zero-order valence-electron chi connectivity index (χ0n) is 30.5. The first-order chi connectivity index (χ1) is 26.4. The summed E-state index contributed by atoms with van der Waals surface area (Å²) in [4.78, 5) is 43.5. The molecule has 8 rings (SSSR count). The summed E-state index contributed by atoms with van der Waals surface area (Å²) in [5, 5.41) is 29.5. The number of non-ortho nitro benzene ring substituents is 1. The zero-order chi connectivity index (χ0) is 38.6. The lowest BCUT2D eigenvalue weighted by molar-refractivity contribution is -0.385. The molecule has 282 valence electrons. The Balaban J connectivity index is 1.12. The maximum atomic E-state index is 16.4. The summed E-state index contributed by atoms with van der Waals surface area (Å²) in [7, 11) is -3.50. The van der Waals surface area contributed by atoms with Gasteiger partial charge in [0.05, 0.1) is 40.2 Å². The number of aromatic nitrogens is 3. The highest BCUT2D eigenvalue weighted by Crippen LogP contribution is 2.60. The molecule has 55 heavy (non-hydrogen) atoms. The first-order valence-electron chi connectivity index (χ1n) is 18.2. The number of fused-ring (bicyclic) bond motifs is 4. The largest absolute Gasteiger partial charge is 0.454 e. The van der Waals surface area contributed by atoms with Crippen LogP contribution in [0.25, 0.3) is 0 Å². The summed E-state index contributed by atoms with van der Waals surface area (Å²) < 4.78 is 30.9. The highest BCUT2D eigenvalue weighted by molar-refractivity contribution is 6.72. The molecule has 0 saturated carbocycles. The van der Waals surface area contributed by atoms with Crippen LogP contribution in [0.15, 0.2) is 97.2 Å². The molecule has 1 N–H and O–H groups in total. The smallest absolute Gasteiger partial charge is 0.269 e. The van der Waals surface area contributed by atoms with E-state index in [9.17, 15) is 24.8 Å². The van der Waals surface area contributed by atoms with Crippen molar-refractivity contribution in [2.75, 3.05) is 16.4 Å². The Labute approximate surface area is 317 Å². The molecular formula is C40H39FN6O7Si. The lowest BCUT2D eigenvalue weighted by Crippen LogP contribution is -2.45. The van der Waals surface area contributed by atoms with Gasteiger partial charge in [-0.05, 0) is 67.5 Å². The quantitative estimate of drug-likeness (QED) is 0.0673. The summed E-state index contributed by atoms with van der Waals surface area (Å²) in [6, 6.07) is 26.0. The minimum Gasteiger partial charge on any atom is -0.454 e. The number of benzene rings is 4. The number of nitrogens with zero attached hydrogens (tertiary/aromatic N) is 6. The van der Waals surface area contributed by atoms with Crippen molar-refractivity contribution in [3.8, 4) is 11.5 Å². The number of nitro groups is 1. The van der Waals surface area contributed by atoms with Crippen molar-refractivity contribution in [3.63, 3.8) is 0 Å². The predicted octanol–water partition coefficient (Wildman–Crippen LogP) is 7.22. The van der Waals surface area contributed by atoms with Gasteiger partial charge in [0, 0.05) is 60.6 Å². The van der Waals surface area contributed by atoms with Crippen LogP contribution in [0.4, 0.5) is 26.9 Å². The average Bonchev–Trinajstić information content (AvgIpc) is 3.78. The van der Waals surface area contributed by atoms with E-state index in [1.807, 2.05) is 43.3 Å². The minimum atomic E-state index is -3.50. The molecule has 1 aromatic heterocycles. The van der Waals surface area contributed by atoms with Gasteiger partial charge in [0.1, 0.15) is 5.75 Å². The number of para-hydroxylation sites is 3. The first-order valence-corrected chi connectivity index (χ1v) is 21.1. The molecule has 1 fully saturated rings. The number of aliphatic hydroxyl groups excluding tert-OH is 1. The van der Waals surface area contributed by atoms with Crippen molar-refractivity contribution in [2.45, 2.75) is 63.2 Å². The molecule has 4 aromatic carbocycles. The van der Waals surface area contributed by atoms with E-state index < -0.39 is 42.4 Å². The summed E-state index contributed by atoms with van der Waals surface area (Å²) >= 11 is 0. The monoisotopic (exact) mass is 762 g/mol. The fourth-order valence-electron chi connectivity index (χ4n) is 8.51. The van der Waals surface area contributed by atoms with Gasteiger partial charge < -0.3 is 23.6 Å². The molecule has 4 heterocycles. The second kappa shape index (κ2) is 13.8. The number of aliphatic hydroxyl groups is 1. The molecule has 1 spiro atoms. The van der Waals surface area contributed by atoms with E-state index in [-0.39, 0.29) is 24.7 Å². The van der Waals surface area contributed by atoms with Crippen LogP contribution >= 0.6 is 0 Å². The summed E-state index contributed by atoms with van der Waals surface area (Å²) in [5.74, 6) is -0.341. The Morgan fingerprint density at radius 2 is 1.71 bits per heavy atom. The van der Waals surface area contributed by atoms with Gasteiger partial charge in [-0.25, -0.2) is 0 Å². The maximum Gasteiger partial charge on any atom is 0.269 e. The lowest BCUT2D eigenvalue weighted by atomic mass is 9.82. The van der Waals surface area contributed by atoms with Crippen LogP contribution in [-0.2, 0) is 34.6 Å². The predicted molar refractivity (Wildman–Crippen MR) is 204 cm³/mol. The van der Waals surface area contributed by atoms with Crippen molar-refractivity contribution < 1.29 is 33.2 Å². The normalized spacial score (nSPS) is 21.7. The number of rotatable bonds is 10. The van der Waals surface area contributed by atoms with E-state index in [1.54, 1.807) is 76.2 Å². The first kappa shape index (κ1) is 36.2. The molecule has 5 aromatic rings. The number of halogens is 1. The van der Waals surface area contributed by atoms with Crippen LogP contribution in [0.1, 0.15) is 40.5 Å². The number of hydrogen-bond donors (Lipinski definition) is 1. The second-order valence-corrected chi connectivity index (χ2v) is 18.5. The number of anilines is 3. The van der Waals surface area contributed by atoms with Crippen molar-refractivity contribution in [1.29, 1.82) is 0 Å². The van der Waals surface area contributed by atoms with Crippen LogP contribution in [0.2, 0.25) is 18.6 Å². The Morgan fingerprint density at radius 1 is 0.982 bits per heavy atom. The van der Waals surface area contributed by atoms with Gasteiger partial charge >= 0.3 is 0 Å². The second-order valence-electron chi connectivity index (χ2n) is 14.7. The molecule has 1 saturated heterocycles. The molecular weight excluding hydrogens is 724 g/mol. The summed E-state index contributed by atoms with van der Waals surface area (Å²) in [6.07, 6.45) is 1.71. The number of hydrogen-bond acceptors (Lipinski definition) is 9. The van der Waals surface area contributed by atoms with Crippen LogP contribution < -0.4 is 14.5 Å². The molecule has 4 atom stereocenters. The Hall–Kier alpha value is -5.77. The highest BCUT2D eigenvalue weighted by Gasteiger charge is 2.67. The van der Waals surface area contributed by atoms with E-state index in [0.29, 0.717) is 64.8 Å². The number of nitro benzene ring substituents is 1. The van der Waals surface area contributed by atoms with E-state index >= 15 is 4.11 Å². The Morgan fingerprint density at radius 3 is 2.44 bits per heavy atom. The van der Waals surface area contributed by atoms with Crippen LogP contribution in [0.5, 0.6) is 11.5 Å². The molecule has 13 nitrogen and oxygen atoms in total. The van der Waals surface area contributed by atoms with E-state index in [2.05, 4.69) is 10.3 Å². The molecule has 15 heteroatoms. The molecule has 0 unspecified atom stereocenters. The fourth-order valence-corrected chi connectivity index (χ4v) is 11.1. The third kappa shape index (κ3) is 6.17. The SMILES string of the molecule is C[C@H]1[C@H]([Si](C)(C)F)[C@@H](CCn2cc(CCO)nn2)O[C@]12C(=O)N(Cc1ccc(N3C(=O)c4ccccc4Oc4ccccc43)cc1)c1ccc([N+](=O)[O-])cc12. The number of ether oxygens (including phenoxy) is 2. The number of aryl methyl sites for hydroxylation is 1. The third-order valence-corrected chi connectivity index (χ3v) is 13.4. The molecule has 0 aliphatic carbocycles. The number of carbonyl (C=O) groups is 2. The number of amides is 2. The van der Waals surface area contributed by atoms with Gasteiger partial charge in [0.25, 0.3) is 17.5 Å². The van der Waals surface area contributed by atoms with Gasteiger partial charge in [-0.15, -0.1) is 5.10 Å². The highest BCUT2D eigenvalue weighted by atomic mass is 28.4.